The van der Waals surface area contributed by atoms with E-state index in [1.807, 2.05) is 60.7 Å². The summed E-state index contributed by atoms with van der Waals surface area (Å²) in [4.78, 5) is 14.7. The lowest BCUT2D eigenvalue weighted by molar-refractivity contribution is 0.0940. The number of hydrogen-bond acceptors (Lipinski definition) is 3. The van der Waals surface area contributed by atoms with Crippen LogP contribution >= 0.6 is 11.3 Å². The number of amides is 1. The molecule has 4 atom stereocenters. The summed E-state index contributed by atoms with van der Waals surface area (Å²) in [6.45, 7) is 4.21. The van der Waals surface area contributed by atoms with E-state index in [4.69, 9.17) is 0 Å². The van der Waals surface area contributed by atoms with Crippen LogP contribution < -0.4 is 10.6 Å². The number of allylic oxidation sites excluding steroid dienone is 2. The second-order valence-electron chi connectivity index (χ2n) is 8.32. The summed E-state index contributed by atoms with van der Waals surface area (Å²) >= 11 is 1.81. The van der Waals surface area contributed by atoms with Crippen molar-refractivity contribution >= 4 is 22.9 Å². The van der Waals surface area contributed by atoms with Crippen molar-refractivity contribution in [1.82, 2.24) is 5.32 Å². The van der Waals surface area contributed by atoms with Gasteiger partial charge in [0.25, 0.3) is 5.91 Å². The minimum Gasteiger partial charge on any atom is -0.376 e. The number of anilines is 1. The van der Waals surface area contributed by atoms with E-state index in [2.05, 4.69) is 47.2 Å². The Bertz CT molecular complexity index is 1100. The van der Waals surface area contributed by atoms with Crippen molar-refractivity contribution in [1.29, 1.82) is 0 Å². The van der Waals surface area contributed by atoms with Crippen LogP contribution in [-0.2, 0) is 0 Å². The molecule has 0 saturated carbocycles. The van der Waals surface area contributed by atoms with Gasteiger partial charge in [0.15, 0.2) is 0 Å². The SMILES string of the molecule is Cc1ccsc1C1Nc2c(C(=O)NC(C)c3ccccc3)cccc2C2C=CCC21. The van der Waals surface area contributed by atoms with Gasteiger partial charge in [-0.3, -0.25) is 4.79 Å². The van der Waals surface area contributed by atoms with E-state index in [0.717, 1.165) is 23.2 Å². The van der Waals surface area contributed by atoms with E-state index in [9.17, 15) is 4.79 Å². The summed E-state index contributed by atoms with van der Waals surface area (Å²) in [6.07, 6.45) is 5.70. The summed E-state index contributed by atoms with van der Waals surface area (Å²) in [5.74, 6) is 0.821. The molecule has 1 aliphatic carbocycles. The first-order valence-electron chi connectivity index (χ1n) is 10.6. The third-order valence-corrected chi connectivity index (χ3v) is 7.57. The van der Waals surface area contributed by atoms with Crippen LogP contribution in [-0.4, -0.2) is 5.91 Å². The molecule has 4 unspecified atom stereocenters. The first-order chi connectivity index (χ1) is 14.6. The molecule has 5 rings (SSSR count). The molecule has 0 spiro atoms. The number of carbonyl (C=O) groups is 1. The number of benzene rings is 2. The molecule has 3 aromatic rings. The molecule has 30 heavy (non-hydrogen) atoms. The summed E-state index contributed by atoms with van der Waals surface area (Å²) in [5.41, 5.74) is 5.38. The Morgan fingerprint density at radius 2 is 1.97 bits per heavy atom. The van der Waals surface area contributed by atoms with E-state index >= 15 is 0 Å². The van der Waals surface area contributed by atoms with Crippen LogP contribution in [0.25, 0.3) is 0 Å². The molecule has 3 nitrogen and oxygen atoms in total. The standard InChI is InChI=1S/C26H26N2OS/c1-16-14-15-30-25(16)24-21-12-6-10-19(21)20-11-7-13-22(23(20)28-24)26(29)27-17(2)18-8-4-3-5-9-18/h3-11,13-15,17,19,21,24,28H,12H2,1-2H3,(H,27,29). The van der Waals surface area contributed by atoms with Crippen LogP contribution in [0.1, 0.15) is 63.3 Å². The summed E-state index contributed by atoms with van der Waals surface area (Å²) in [7, 11) is 0. The van der Waals surface area contributed by atoms with Crippen molar-refractivity contribution in [2.45, 2.75) is 38.3 Å². The van der Waals surface area contributed by atoms with Gasteiger partial charge in [0, 0.05) is 10.8 Å². The first-order valence-corrected chi connectivity index (χ1v) is 11.5. The molecular formula is C26H26N2OS. The van der Waals surface area contributed by atoms with Gasteiger partial charge >= 0.3 is 0 Å². The molecule has 1 amide bonds. The van der Waals surface area contributed by atoms with E-state index < -0.39 is 0 Å². The highest BCUT2D eigenvalue weighted by atomic mass is 32.1. The average Bonchev–Trinajstić information content (AvgIpc) is 3.42. The molecule has 2 aliphatic rings. The molecule has 4 heteroatoms. The van der Waals surface area contributed by atoms with Gasteiger partial charge in [-0.1, -0.05) is 54.6 Å². The zero-order valence-corrected chi connectivity index (χ0v) is 18.1. The van der Waals surface area contributed by atoms with Crippen molar-refractivity contribution < 1.29 is 4.79 Å². The highest BCUT2D eigenvalue weighted by molar-refractivity contribution is 7.10. The topological polar surface area (TPSA) is 41.1 Å². The lowest BCUT2D eigenvalue weighted by atomic mass is 9.77. The molecule has 152 valence electrons. The second-order valence-corrected chi connectivity index (χ2v) is 9.27. The van der Waals surface area contributed by atoms with Crippen LogP contribution in [0.2, 0.25) is 0 Å². The zero-order valence-electron chi connectivity index (χ0n) is 17.3. The number of fused-ring (bicyclic) bond motifs is 3. The molecule has 1 aliphatic heterocycles. The Kier molecular flexibility index (Phi) is 4.95. The molecule has 0 fully saturated rings. The van der Waals surface area contributed by atoms with Gasteiger partial charge in [0.1, 0.15) is 0 Å². The predicted molar refractivity (Wildman–Crippen MR) is 124 cm³/mol. The van der Waals surface area contributed by atoms with Crippen molar-refractivity contribution in [3.8, 4) is 0 Å². The third-order valence-electron chi connectivity index (χ3n) is 6.47. The number of carbonyl (C=O) groups excluding carboxylic acids is 1. The fraction of sp³-hybridized carbons (Fsp3) is 0.269. The fourth-order valence-corrected chi connectivity index (χ4v) is 5.93. The molecule has 2 aromatic carbocycles. The average molecular weight is 415 g/mol. The Balaban J connectivity index is 1.49. The van der Waals surface area contributed by atoms with Gasteiger partial charge in [-0.2, -0.15) is 0 Å². The number of nitrogens with one attached hydrogen (secondary N) is 2. The van der Waals surface area contributed by atoms with E-state index in [-0.39, 0.29) is 18.0 Å². The van der Waals surface area contributed by atoms with Crippen LogP contribution in [0.3, 0.4) is 0 Å². The number of thiophene rings is 1. The number of hydrogen-bond donors (Lipinski definition) is 2. The summed E-state index contributed by atoms with van der Waals surface area (Å²) < 4.78 is 0. The molecule has 2 N–H and O–H groups in total. The molecule has 0 bridgehead atoms. The lowest BCUT2D eigenvalue weighted by Gasteiger charge is -2.38. The van der Waals surface area contributed by atoms with E-state index in [0.29, 0.717) is 11.8 Å². The largest absolute Gasteiger partial charge is 0.376 e. The molecule has 1 aromatic heterocycles. The maximum Gasteiger partial charge on any atom is 0.253 e. The Labute approximate surface area is 181 Å². The highest BCUT2D eigenvalue weighted by Gasteiger charge is 2.40. The van der Waals surface area contributed by atoms with Gasteiger partial charge in [0.05, 0.1) is 23.3 Å². The number of para-hydroxylation sites is 1. The molecule has 0 radical (unpaired) electrons. The maximum atomic E-state index is 13.3. The van der Waals surface area contributed by atoms with Crippen molar-refractivity contribution in [3.63, 3.8) is 0 Å². The lowest BCUT2D eigenvalue weighted by Crippen LogP contribution is -2.32. The van der Waals surface area contributed by atoms with E-state index in [1.54, 1.807) is 0 Å². The van der Waals surface area contributed by atoms with Crippen molar-refractivity contribution in [2.24, 2.45) is 5.92 Å². The fourth-order valence-electron chi connectivity index (χ4n) is 4.87. The Hall–Kier alpha value is -2.85. The summed E-state index contributed by atoms with van der Waals surface area (Å²) in [6, 6.07) is 18.6. The molecule has 0 saturated heterocycles. The zero-order chi connectivity index (χ0) is 20.7. The van der Waals surface area contributed by atoms with Gasteiger partial charge in [-0.05, 0) is 60.4 Å². The van der Waals surface area contributed by atoms with E-state index in [1.165, 1.54) is 16.0 Å². The van der Waals surface area contributed by atoms with Crippen LogP contribution in [0, 0.1) is 12.8 Å². The van der Waals surface area contributed by atoms with Gasteiger partial charge in [-0.25, -0.2) is 0 Å². The minimum atomic E-state index is -0.0485. The Morgan fingerprint density at radius 1 is 1.13 bits per heavy atom. The molecular weight excluding hydrogens is 388 g/mol. The normalized spacial score (nSPS) is 22.7. The smallest absolute Gasteiger partial charge is 0.253 e. The minimum absolute atomic E-state index is 0.0298. The summed E-state index contributed by atoms with van der Waals surface area (Å²) in [5, 5.41) is 9.14. The van der Waals surface area contributed by atoms with Gasteiger partial charge in [0.2, 0.25) is 0 Å². The van der Waals surface area contributed by atoms with Crippen LogP contribution in [0.5, 0.6) is 0 Å². The second kappa shape index (κ2) is 7.77. The quantitative estimate of drug-likeness (QED) is 0.487. The van der Waals surface area contributed by atoms with Crippen LogP contribution in [0.15, 0.2) is 72.1 Å². The van der Waals surface area contributed by atoms with Crippen molar-refractivity contribution in [3.05, 3.63) is 99.3 Å². The predicted octanol–water partition coefficient (Wildman–Crippen LogP) is 6.37. The number of rotatable bonds is 4. The Morgan fingerprint density at radius 3 is 2.73 bits per heavy atom. The number of aryl methyl sites for hydroxylation is 1. The monoisotopic (exact) mass is 414 g/mol. The third kappa shape index (κ3) is 3.25. The maximum absolute atomic E-state index is 13.3. The van der Waals surface area contributed by atoms with Gasteiger partial charge < -0.3 is 10.6 Å². The highest BCUT2D eigenvalue weighted by Crippen LogP contribution is 2.51. The van der Waals surface area contributed by atoms with Crippen LogP contribution in [0.4, 0.5) is 5.69 Å². The van der Waals surface area contributed by atoms with Gasteiger partial charge in [-0.15, -0.1) is 11.3 Å². The molecule has 2 heterocycles. The first kappa shape index (κ1) is 19.1. The van der Waals surface area contributed by atoms with Crippen molar-refractivity contribution in [2.75, 3.05) is 5.32 Å².